The van der Waals surface area contributed by atoms with Crippen molar-refractivity contribution in [1.29, 1.82) is 0 Å². The number of hydrogen-bond donors (Lipinski definition) is 0. The predicted molar refractivity (Wildman–Crippen MR) is 99.5 cm³/mol. The average molecular weight is 372 g/mol. The van der Waals surface area contributed by atoms with Gasteiger partial charge in [-0.3, -0.25) is 4.79 Å². The molecule has 3 rings (SSSR count). The van der Waals surface area contributed by atoms with Crippen LogP contribution in [0.3, 0.4) is 0 Å². The molecular formula is C19H14ClNO3S. The van der Waals surface area contributed by atoms with Gasteiger partial charge < -0.3 is 4.74 Å². The minimum Gasteiger partial charge on any atom is -0.457 e. The highest BCUT2D eigenvalue weighted by Gasteiger charge is 2.11. The number of ether oxygens (including phenoxy) is 1. The fourth-order valence-corrected chi connectivity index (χ4v) is 2.95. The fraction of sp³-hybridized carbons (Fsp3) is 0.105. The second-order valence-corrected chi connectivity index (χ2v) is 6.55. The number of aldehydes is 1. The third kappa shape index (κ3) is 4.00. The van der Waals surface area contributed by atoms with Crippen LogP contribution in [-0.4, -0.2) is 23.5 Å². The van der Waals surface area contributed by atoms with E-state index in [9.17, 15) is 9.59 Å². The number of hydrogen-bond acceptors (Lipinski definition) is 5. The molecular weight excluding hydrogens is 358 g/mol. The lowest BCUT2D eigenvalue weighted by molar-refractivity contribution is 0.0472. The summed E-state index contributed by atoms with van der Waals surface area (Å²) in [6.45, 7) is 0.0281. The van der Waals surface area contributed by atoms with Gasteiger partial charge in [0.2, 0.25) is 0 Å². The Morgan fingerprint density at radius 3 is 2.64 bits per heavy atom. The maximum atomic E-state index is 12.1. The lowest BCUT2D eigenvalue weighted by Crippen LogP contribution is -2.06. The Hall–Kier alpha value is -2.37. The lowest BCUT2D eigenvalue weighted by atomic mass is 10.1. The van der Waals surface area contributed by atoms with Crippen molar-refractivity contribution in [3.8, 4) is 0 Å². The van der Waals surface area contributed by atoms with Crippen molar-refractivity contribution in [3.63, 3.8) is 0 Å². The zero-order chi connectivity index (χ0) is 17.8. The number of carbonyl (C=O) groups excluding carboxylic acids is 2. The minimum atomic E-state index is -0.480. The second kappa shape index (κ2) is 7.68. The Morgan fingerprint density at radius 2 is 1.96 bits per heavy atom. The quantitative estimate of drug-likeness (QED) is 0.279. The van der Waals surface area contributed by atoms with E-state index >= 15 is 0 Å². The number of pyridine rings is 1. The summed E-state index contributed by atoms with van der Waals surface area (Å²) in [5, 5.41) is 1.25. The molecule has 0 aliphatic rings. The maximum absolute atomic E-state index is 12.1. The first kappa shape index (κ1) is 17.5. The van der Waals surface area contributed by atoms with Gasteiger partial charge in [0, 0.05) is 21.4 Å². The van der Waals surface area contributed by atoms with E-state index in [0.717, 1.165) is 22.1 Å². The first-order chi connectivity index (χ1) is 12.1. The third-order valence-corrected chi connectivity index (χ3v) is 4.74. The van der Waals surface area contributed by atoms with Crippen LogP contribution in [0, 0.1) is 0 Å². The van der Waals surface area contributed by atoms with Gasteiger partial charge in [-0.25, -0.2) is 9.78 Å². The van der Waals surface area contributed by atoms with Gasteiger partial charge in [0.05, 0.1) is 11.1 Å². The SMILES string of the molecule is CSc1ccc2cc(COC(=O)c3ccc(C=O)cc3)c(Cl)nc2c1. The van der Waals surface area contributed by atoms with Crippen molar-refractivity contribution in [2.75, 3.05) is 6.26 Å². The van der Waals surface area contributed by atoms with Crippen LogP contribution in [0.25, 0.3) is 10.9 Å². The largest absolute Gasteiger partial charge is 0.457 e. The third-order valence-electron chi connectivity index (χ3n) is 3.69. The molecule has 0 saturated carbocycles. The summed E-state index contributed by atoms with van der Waals surface area (Å²) < 4.78 is 5.31. The van der Waals surface area contributed by atoms with Crippen LogP contribution in [0.5, 0.6) is 0 Å². The van der Waals surface area contributed by atoms with E-state index in [-0.39, 0.29) is 6.61 Å². The summed E-state index contributed by atoms with van der Waals surface area (Å²) in [6, 6.07) is 14.1. The van der Waals surface area contributed by atoms with Crippen LogP contribution in [0.4, 0.5) is 0 Å². The van der Waals surface area contributed by atoms with Crippen molar-refractivity contribution < 1.29 is 14.3 Å². The summed E-state index contributed by atoms with van der Waals surface area (Å²) in [6.07, 6.45) is 2.72. The van der Waals surface area contributed by atoms with Crippen LogP contribution < -0.4 is 0 Å². The summed E-state index contributed by atoms with van der Waals surface area (Å²) in [5.74, 6) is -0.480. The normalized spacial score (nSPS) is 10.6. The molecule has 0 saturated heterocycles. The van der Waals surface area contributed by atoms with Gasteiger partial charge in [-0.2, -0.15) is 0 Å². The molecule has 4 nitrogen and oxygen atoms in total. The molecule has 2 aromatic carbocycles. The molecule has 0 aliphatic heterocycles. The van der Waals surface area contributed by atoms with Crippen molar-refractivity contribution >= 4 is 46.5 Å². The Kier molecular flexibility index (Phi) is 5.36. The molecule has 0 radical (unpaired) electrons. The molecule has 0 fully saturated rings. The molecule has 0 aliphatic carbocycles. The van der Waals surface area contributed by atoms with Gasteiger partial charge in [-0.05, 0) is 36.6 Å². The van der Waals surface area contributed by atoms with E-state index in [2.05, 4.69) is 4.98 Å². The zero-order valence-corrected chi connectivity index (χ0v) is 14.9. The molecule has 0 bridgehead atoms. The van der Waals surface area contributed by atoms with Gasteiger partial charge in [0.1, 0.15) is 18.0 Å². The maximum Gasteiger partial charge on any atom is 0.338 e. The van der Waals surface area contributed by atoms with Crippen LogP contribution in [0.2, 0.25) is 5.15 Å². The molecule has 0 amide bonds. The molecule has 1 aromatic heterocycles. The van der Waals surface area contributed by atoms with E-state index in [0.29, 0.717) is 21.8 Å². The number of nitrogens with zero attached hydrogens (tertiary/aromatic N) is 1. The van der Waals surface area contributed by atoms with E-state index in [1.165, 1.54) is 0 Å². The van der Waals surface area contributed by atoms with Crippen LogP contribution in [0.1, 0.15) is 26.3 Å². The molecule has 126 valence electrons. The van der Waals surface area contributed by atoms with Crippen molar-refractivity contribution in [2.45, 2.75) is 11.5 Å². The van der Waals surface area contributed by atoms with E-state index in [4.69, 9.17) is 16.3 Å². The highest BCUT2D eigenvalue weighted by atomic mass is 35.5. The topological polar surface area (TPSA) is 56.3 Å². The number of esters is 1. The number of thioether (sulfide) groups is 1. The highest BCUT2D eigenvalue weighted by Crippen LogP contribution is 2.25. The number of carbonyl (C=O) groups is 2. The van der Waals surface area contributed by atoms with Gasteiger partial charge in [-0.1, -0.05) is 29.8 Å². The monoisotopic (exact) mass is 371 g/mol. The van der Waals surface area contributed by atoms with Crippen molar-refractivity contribution in [1.82, 2.24) is 4.98 Å². The number of rotatable bonds is 5. The summed E-state index contributed by atoms with van der Waals surface area (Å²) in [4.78, 5) is 28.2. The second-order valence-electron chi connectivity index (χ2n) is 5.31. The van der Waals surface area contributed by atoms with Crippen LogP contribution >= 0.6 is 23.4 Å². The molecule has 3 aromatic rings. The molecule has 0 atom stereocenters. The number of benzene rings is 2. The Morgan fingerprint density at radius 1 is 1.20 bits per heavy atom. The van der Waals surface area contributed by atoms with Gasteiger partial charge in [0.25, 0.3) is 0 Å². The number of fused-ring (bicyclic) bond motifs is 1. The molecule has 25 heavy (non-hydrogen) atoms. The van der Waals surface area contributed by atoms with Gasteiger partial charge >= 0.3 is 5.97 Å². The number of aromatic nitrogens is 1. The standard InChI is InChI=1S/C19H14ClNO3S/c1-25-16-7-6-14-8-15(18(20)21-17(14)9-16)11-24-19(23)13-4-2-12(10-22)3-5-13/h2-10H,11H2,1H3. The van der Waals surface area contributed by atoms with Gasteiger partial charge in [0.15, 0.2) is 0 Å². The first-order valence-corrected chi connectivity index (χ1v) is 9.06. The Labute approximate surface area is 154 Å². The minimum absolute atomic E-state index is 0.0281. The summed E-state index contributed by atoms with van der Waals surface area (Å²) in [5.41, 5.74) is 2.32. The number of halogens is 1. The molecule has 0 unspecified atom stereocenters. The summed E-state index contributed by atoms with van der Waals surface area (Å²) >= 11 is 7.85. The van der Waals surface area contributed by atoms with E-state index in [1.807, 2.05) is 30.5 Å². The lowest BCUT2D eigenvalue weighted by Gasteiger charge is -2.08. The van der Waals surface area contributed by atoms with Crippen LogP contribution in [0.15, 0.2) is 53.4 Å². The smallest absolute Gasteiger partial charge is 0.338 e. The zero-order valence-electron chi connectivity index (χ0n) is 13.4. The summed E-state index contributed by atoms with van der Waals surface area (Å²) in [7, 11) is 0. The fourth-order valence-electron chi connectivity index (χ4n) is 2.32. The molecule has 0 spiro atoms. The first-order valence-electron chi connectivity index (χ1n) is 7.46. The highest BCUT2D eigenvalue weighted by molar-refractivity contribution is 7.98. The van der Waals surface area contributed by atoms with Crippen molar-refractivity contribution in [2.24, 2.45) is 0 Å². The van der Waals surface area contributed by atoms with Crippen LogP contribution in [-0.2, 0) is 11.3 Å². The predicted octanol–water partition coefficient (Wildman–Crippen LogP) is 4.78. The van der Waals surface area contributed by atoms with E-state index < -0.39 is 5.97 Å². The average Bonchev–Trinajstić information content (AvgIpc) is 2.65. The van der Waals surface area contributed by atoms with Gasteiger partial charge in [-0.15, -0.1) is 11.8 Å². The van der Waals surface area contributed by atoms with Crippen molar-refractivity contribution in [3.05, 3.63) is 70.4 Å². The Bertz CT molecular complexity index is 941. The van der Waals surface area contributed by atoms with E-state index in [1.54, 1.807) is 36.0 Å². The molecule has 0 N–H and O–H groups in total. The molecule has 1 heterocycles. The molecule has 6 heteroatoms. The Balaban J connectivity index is 1.76.